The molecule has 2 unspecified atom stereocenters. The Kier molecular flexibility index (Phi) is 35.4. The molecule has 422 valence electrons. The van der Waals surface area contributed by atoms with Crippen molar-refractivity contribution >= 4 is 54.2 Å². The van der Waals surface area contributed by atoms with Gasteiger partial charge in [-0.15, -0.1) is 0 Å². The minimum absolute atomic E-state index is 0.0391. The van der Waals surface area contributed by atoms with E-state index in [2.05, 4.69) is 93.7 Å². The van der Waals surface area contributed by atoms with E-state index in [1.54, 1.807) is 0 Å². The van der Waals surface area contributed by atoms with Gasteiger partial charge in [-0.05, 0) is 122 Å². The van der Waals surface area contributed by atoms with Gasteiger partial charge in [-0.3, -0.25) is 9.59 Å². The van der Waals surface area contributed by atoms with Gasteiger partial charge < -0.3 is 19.6 Å². The van der Waals surface area contributed by atoms with Crippen LogP contribution in [0.3, 0.4) is 0 Å². The maximum absolute atomic E-state index is 13.0. The highest BCUT2D eigenvalue weighted by Crippen LogP contribution is 2.40. The minimum Gasteiger partial charge on any atom is -0.461 e. The Bertz CT molecular complexity index is 1570. The van der Waals surface area contributed by atoms with E-state index >= 15 is 0 Å². The van der Waals surface area contributed by atoms with Crippen LogP contribution in [0.4, 0.5) is 0 Å². The van der Waals surface area contributed by atoms with Gasteiger partial charge in [0, 0.05) is 30.4 Å². The van der Waals surface area contributed by atoms with Crippen molar-refractivity contribution in [2.45, 2.75) is 282 Å². The Morgan fingerprint density at radius 2 is 0.986 bits per heavy atom. The molecule has 2 fully saturated rings. The molecular weight excluding hydrogens is 967 g/mol. The summed E-state index contributed by atoms with van der Waals surface area (Å²) in [4.78, 5) is 38.6. The monoisotopic (exact) mass is 1080 g/mol. The fraction of sp³-hybridized carbons (Fsp3) is 0.785. The van der Waals surface area contributed by atoms with Gasteiger partial charge in [0.05, 0.1) is 0 Å². The number of carbonyl (C=O) groups excluding carboxylic acids is 2. The number of ether oxygens (including phenoxy) is 2. The fourth-order valence-electron chi connectivity index (χ4n) is 12.0. The number of esters is 2. The van der Waals surface area contributed by atoms with Crippen molar-refractivity contribution in [1.82, 2.24) is 5.32 Å². The van der Waals surface area contributed by atoms with Crippen LogP contribution in [0.2, 0.25) is 5.04 Å². The summed E-state index contributed by atoms with van der Waals surface area (Å²) in [7, 11) is -2.99. The van der Waals surface area contributed by atoms with Crippen LogP contribution in [-0.4, -0.2) is 72.9 Å². The average molecular weight is 1080 g/mol. The lowest BCUT2D eigenvalue weighted by atomic mass is 9.86. The van der Waals surface area contributed by atoms with E-state index < -0.39 is 8.32 Å². The zero-order chi connectivity index (χ0) is 52.8. The minimum atomic E-state index is -2.99. The molecule has 2 aliphatic rings. The van der Waals surface area contributed by atoms with Gasteiger partial charge in [0.2, 0.25) is 0 Å². The Hall–Kier alpha value is -1.78. The van der Waals surface area contributed by atoms with E-state index in [-0.39, 0.29) is 29.2 Å². The summed E-state index contributed by atoms with van der Waals surface area (Å²) in [5, 5.41) is 6.04. The molecule has 4 rings (SSSR count). The van der Waals surface area contributed by atoms with Crippen LogP contribution < -0.4 is 15.7 Å². The topological polar surface area (TPSA) is 84.9 Å². The Balaban J connectivity index is 1.21. The molecule has 2 saturated carbocycles. The summed E-state index contributed by atoms with van der Waals surface area (Å²) in [6.45, 7) is 10.2. The predicted octanol–water partition coefficient (Wildman–Crippen LogP) is 17.1. The van der Waals surface area contributed by atoms with Crippen LogP contribution in [-0.2, 0) is 19.1 Å². The van der Waals surface area contributed by atoms with Crippen molar-refractivity contribution in [3.05, 3.63) is 60.7 Å². The summed E-state index contributed by atoms with van der Waals surface area (Å²) >= 11 is 4.00. The zero-order valence-corrected chi connectivity index (χ0v) is 50.7. The lowest BCUT2D eigenvalue weighted by Gasteiger charge is -2.41. The Morgan fingerprint density at radius 1 is 0.568 bits per heavy atom. The second kappa shape index (κ2) is 40.4. The third-order valence-electron chi connectivity index (χ3n) is 16.9. The van der Waals surface area contributed by atoms with Crippen molar-refractivity contribution in [2.75, 3.05) is 29.6 Å². The van der Waals surface area contributed by atoms with Crippen LogP contribution in [0.25, 0.3) is 0 Å². The van der Waals surface area contributed by atoms with Crippen LogP contribution in [0.1, 0.15) is 259 Å². The quantitative estimate of drug-likeness (QED) is 0.0386. The normalized spacial score (nSPS) is 16.2. The SMILES string of the molecule is CCCCCCC(CSCCCCCC(CCCCCSCC(CCCCCC)OC(=O)CCC1CCCCC1)NCCCCCC(C)(C)[Si](O)(c1ccccc1)c1ccccc1)OC(=O)CCC1CCCCC1. The van der Waals surface area contributed by atoms with Gasteiger partial charge in [0.15, 0.2) is 0 Å². The molecule has 2 N–H and O–H groups in total. The molecule has 2 atom stereocenters. The van der Waals surface area contributed by atoms with Crippen molar-refractivity contribution in [3.8, 4) is 0 Å². The number of benzene rings is 2. The van der Waals surface area contributed by atoms with Crippen molar-refractivity contribution in [3.63, 3.8) is 0 Å². The molecule has 2 aromatic carbocycles. The largest absolute Gasteiger partial charge is 0.461 e. The van der Waals surface area contributed by atoms with Crippen molar-refractivity contribution < 1.29 is 23.9 Å². The smallest absolute Gasteiger partial charge is 0.306 e. The van der Waals surface area contributed by atoms with E-state index in [4.69, 9.17) is 9.47 Å². The number of carbonyl (C=O) groups is 2. The molecule has 0 heterocycles. The lowest BCUT2D eigenvalue weighted by Crippen LogP contribution is -2.65. The van der Waals surface area contributed by atoms with Gasteiger partial charge in [-0.25, -0.2) is 0 Å². The van der Waals surface area contributed by atoms with E-state index in [0.29, 0.717) is 18.9 Å². The van der Waals surface area contributed by atoms with Gasteiger partial charge in [0.25, 0.3) is 8.32 Å². The first-order valence-corrected chi connectivity index (χ1v) is 35.5. The number of hydrogen-bond acceptors (Lipinski definition) is 8. The highest BCUT2D eigenvalue weighted by atomic mass is 32.2. The Morgan fingerprint density at radius 3 is 1.43 bits per heavy atom. The van der Waals surface area contributed by atoms with Gasteiger partial charge in [-0.1, -0.05) is 230 Å². The number of rotatable bonds is 44. The highest BCUT2D eigenvalue weighted by Gasteiger charge is 2.49. The fourth-order valence-corrected chi connectivity index (χ4v) is 17.9. The maximum atomic E-state index is 13.0. The van der Waals surface area contributed by atoms with Crippen LogP contribution in [0, 0.1) is 11.8 Å². The van der Waals surface area contributed by atoms with Crippen molar-refractivity contribution in [2.24, 2.45) is 11.8 Å². The van der Waals surface area contributed by atoms with Gasteiger partial charge >= 0.3 is 11.9 Å². The van der Waals surface area contributed by atoms with E-state index in [0.717, 1.165) is 116 Å². The number of thioether (sulfide) groups is 2. The third-order valence-corrected chi connectivity index (χ3v) is 23.8. The summed E-state index contributed by atoms with van der Waals surface area (Å²) < 4.78 is 12.3. The second-order valence-corrected chi connectivity index (χ2v) is 29.9. The Labute approximate surface area is 464 Å². The molecule has 2 aromatic rings. The first-order chi connectivity index (χ1) is 36.1. The second-order valence-electron chi connectivity index (χ2n) is 23.6. The van der Waals surface area contributed by atoms with Gasteiger partial charge in [-0.2, -0.15) is 23.5 Å². The molecule has 0 saturated heterocycles. The molecular formula is C65H111NO5S2Si. The number of nitrogens with one attached hydrogen (secondary N) is 1. The first-order valence-electron chi connectivity index (χ1n) is 31.3. The average Bonchev–Trinajstić information content (AvgIpc) is 3.42. The molecule has 0 aromatic heterocycles. The molecule has 0 aliphatic heterocycles. The van der Waals surface area contributed by atoms with Crippen LogP contribution >= 0.6 is 23.5 Å². The first kappa shape index (κ1) is 64.7. The van der Waals surface area contributed by atoms with E-state index in [1.165, 1.54) is 154 Å². The van der Waals surface area contributed by atoms with Gasteiger partial charge in [0.1, 0.15) is 12.2 Å². The molecule has 2 aliphatic carbocycles. The lowest BCUT2D eigenvalue weighted by molar-refractivity contribution is -0.149. The van der Waals surface area contributed by atoms with Crippen molar-refractivity contribution in [1.29, 1.82) is 0 Å². The summed E-state index contributed by atoms with van der Waals surface area (Å²) in [6, 6.07) is 21.5. The molecule has 9 heteroatoms. The highest BCUT2D eigenvalue weighted by molar-refractivity contribution is 7.99. The molecule has 74 heavy (non-hydrogen) atoms. The summed E-state index contributed by atoms with van der Waals surface area (Å²) in [5.41, 5.74) is 0. The molecule has 0 radical (unpaired) electrons. The third kappa shape index (κ3) is 27.2. The molecule has 0 bridgehead atoms. The zero-order valence-electron chi connectivity index (χ0n) is 48.0. The molecule has 0 spiro atoms. The summed E-state index contributed by atoms with van der Waals surface area (Å²) in [6.07, 6.45) is 42.7. The maximum Gasteiger partial charge on any atom is 0.306 e. The number of unbranched alkanes of at least 4 members (excludes halogenated alkanes) is 12. The molecule has 6 nitrogen and oxygen atoms in total. The predicted molar refractivity (Wildman–Crippen MR) is 325 cm³/mol. The standard InChI is InChI=1S/C65H111NO5S2Si/c1-5-7-9-24-40-59(70-63(67)48-46-56-34-18-11-19-35-56)54-72-52-32-15-22-38-58(66-51-31-17-30-50-65(3,4)74(69,61-42-26-13-27-43-61)62-44-28-14-29-45-62)39-23-16-33-53-73-55-60(41-25-10-8-6-2)71-64(68)49-47-57-36-20-12-21-37-57/h13-14,26-29,42-45,56-60,66,69H,5-12,15-25,30-41,46-55H2,1-4H3. The van der Waals surface area contributed by atoms with E-state index in [9.17, 15) is 14.4 Å². The van der Waals surface area contributed by atoms with Crippen LogP contribution in [0.5, 0.6) is 0 Å². The molecule has 0 amide bonds. The summed E-state index contributed by atoms with van der Waals surface area (Å²) in [5.74, 6) is 5.68. The number of hydrogen-bond donors (Lipinski definition) is 2. The van der Waals surface area contributed by atoms with E-state index in [1.807, 2.05) is 23.5 Å². The van der Waals surface area contributed by atoms with Crippen LogP contribution in [0.15, 0.2) is 60.7 Å².